The minimum Gasteiger partial charge on any atom is -0.465 e. The molecule has 0 aliphatic carbocycles. The number of carbonyl (C=O) groups excluding carboxylic acids is 2. The third-order valence-corrected chi connectivity index (χ3v) is 7.64. The highest BCUT2D eigenvalue weighted by Crippen LogP contribution is 2.20. The first-order valence-electron chi connectivity index (χ1n) is 12.4. The number of nitrogens with zero attached hydrogens (tertiary/aromatic N) is 2. The van der Waals surface area contributed by atoms with Gasteiger partial charge in [0, 0.05) is 13.1 Å². The van der Waals surface area contributed by atoms with Gasteiger partial charge in [0.05, 0.1) is 29.7 Å². The fourth-order valence-electron chi connectivity index (χ4n) is 3.95. The number of benzene rings is 2. The molecule has 0 spiro atoms. The summed E-state index contributed by atoms with van der Waals surface area (Å²) in [6.45, 7) is 3.27. The lowest BCUT2D eigenvalue weighted by molar-refractivity contribution is -0.128. The van der Waals surface area contributed by atoms with Crippen LogP contribution in [0.1, 0.15) is 31.4 Å². The van der Waals surface area contributed by atoms with Crippen molar-refractivity contribution < 1.29 is 38.2 Å². The van der Waals surface area contributed by atoms with E-state index in [-0.39, 0.29) is 23.8 Å². The number of sulfonamides is 1. The molecule has 14 heteroatoms. The lowest BCUT2D eigenvalue weighted by atomic mass is 10.00. The van der Waals surface area contributed by atoms with Crippen LogP contribution >= 0.6 is 0 Å². The maximum absolute atomic E-state index is 13.5. The molecule has 0 aromatic heterocycles. The minimum atomic E-state index is -4.10. The topological polar surface area (TPSA) is 212 Å². The average Bonchev–Trinajstić information content (AvgIpc) is 2.87. The Kier molecular flexibility index (Phi) is 12.0. The largest absolute Gasteiger partial charge is 0.465 e. The molecule has 0 heterocycles. The Labute approximate surface area is 232 Å². The second-order valence-corrected chi connectivity index (χ2v) is 11.5. The predicted molar refractivity (Wildman–Crippen MR) is 146 cm³/mol. The summed E-state index contributed by atoms with van der Waals surface area (Å²) in [5.74, 6) is -1.94. The van der Waals surface area contributed by atoms with E-state index < -0.39 is 59.1 Å². The molecule has 3 amide bonds. The van der Waals surface area contributed by atoms with Gasteiger partial charge < -0.3 is 31.8 Å². The second-order valence-electron chi connectivity index (χ2n) is 9.57. The van der Waals surface area contributed by atoms with Crippen LogP contribution in [0.25, 0.3) is 0 Å². The number of nitrogens with two attached hydrogens (primary N) is 1. The fourth-order valence-corrected chi connectivity index (χ4v) is 5.57. The zero-order valence-corrected chi connectivity index (χ0v) is 23.0. The Morgan fingerprint density at radius 3 is 2.17 bits per heavy atom. The van der Waals surface area contributed by atoms with Gasteiger partial charge in [0.15, 0.2) is 0 Å². The van der Waals surface area contributed by atoms with Crippen LogP contribution in [0, 0.1) is 5.92 Å². The first-order chi connectivity index (χ1) is 18.8. The van der Waals surface area contributed by atoms with Crippen molar-refractivity contribution in [2.24, 2.45) is 16.8 Å². The first-order valence-corrected chi connectivity index (χ1v) is 13.8. The second kappa shape index (κ2) is 15.0. The molecule has 7 N–H and O–H groups in total. The number of hydrogen-bond acceptors (Lipinski definition) is 8. The van der Waals surface area contributed by atoms with Gasteiger partial charge in [-0.2, -0.15) is 4.31 Å². The molecule has 40 heavy (non-hydrogen) atoms. The monoisotopic (exact) mass is 577 g/mol. The SMILES string of the molecule is CC(C)CN(C[C@@H](O)[C@H](Cc1ccccc1)NC(=O)[C@H](CC(N)=O)NC(=O)O)S(=O)(=O)c1ccc(C=NO)cc1. The molecule has 0 unspecified atom stereocenters. The van der Waals surface area contributed by atoms with Crippen molar-refractivity contribution in [1.82, 2.24) is 14.9 Å². The summed E-state index contributed by atoms with van der Waals surface area (Å²) in [7, 11) is -4.10. The molecule has 0 aliphatic heterocycles. The summed E-state index contributed by atoms with van der Waals surface area (Å²) < 4.78 is 28.2. The summed E-state index contributed by atoms with van der Waals surface area (Å²) in [6, 6.07) is 11.8. The Morgan fingerprint density at radius 2 is 1.65 bits per heavy atom. The molecule has 3 atom stereocenters. The lowest BCUT2D eigenvalue weighted by Crippen LogP contribution is -2.56. The van der Waals surface area contributed by atoms with E-state index in [2.05, 4.69) is 10.5 Å². The van der Waals surface area contributed by atoms with Gasteiger partial charge in [0.1, 0.15) is 6.04 Å². The summed E-state index contributed by atoms with van der Waals surface area (Å²) in [6.07, 6.45) is -2.37. The Balaban J connectivity index is 2.38. The van der Waals surface area contributed by atoms with E-state index in [1.807, 2.05) is 19.2 Å². The van der Waals surface area contributed by atoms with Gasteiger partial charge in [-0.15, -0.1) is 0 Å². The number of aliphatic hydroxyl groups is 1. The first kappa shape index (κ1) is 32.2. The van der Waals surface area contributed by atoms with Crippen LogP contribution in [0.4, 0.5) is 4.79 Å². The predicted octanol–water partition coefficient (Wildman–Crippen LogP) is 0.741. The summed E-state index contributed by atoms with van der Waals surface area (Å²) in [5, 5.41) is 36.5. The number of oxime groups is 1. The van der Waals surface area contributed by atoms with Crippen LogP contribution < -0.4 is 16.4 Å². The number of amides is 3. The minimum absolute atomic E-state index is 0.0498. The van der Waals surface area contributed by atoms with Crippen molar-refractivity contribution in [2.45, 2.75) is 49.8 Å². The van der Waals surface area contributed by atoms with Gasteiger partial charge >= 0.3 is 6.09 Å². The summed E-state index contributed by atoms with van der Waals surface area (Å²) in [5.41, 5.74) is 6.36. The van der Waals surface area contributed by atoms with Gasteiger partial charge in [0.2, 0.25) is 21.8 Å². The molecule has 2 aromatic carbocycles. The quantitative estimate of drug-likeness (QED) is 0.101. The van der Waals surface area contributed by atoms with Crippen LogP contribution in [0.3, 0.4) is 0 Å². The Hall–Kier alpha value is -4.01. The molecule has 218 valence electrons. The maximum atomic E-state index is 13.5. The van der Waals surface area contributed by atoms with Gasteiger partial charge in [-0.25, -0.2) is 13.2 Å². The van der Waals surface area contributed by atoms with Gasteiger partial charge in [-0.3, -0.25) is 9.59 Å². The number of carbonyl (C=O) groups is 3. The number of hydrogen-bond donors (Lipinski definition) is 6. The number of primary amides is 1. The van der Waals surface area contributed by atoms with Gasteiger partial charge in [0.25, 0.3) is 0 Å². The molecule has 2 aromatic rings. The zero-order chi connectivity index (χ0) is 29.9. The molecule has 0 bridgehead atoms. The Bertz CT molecular complexity index is 1250. The third-order valence-electron chi connectivity index (χ3n) is 5.79. The Morgan fingerprint density at radius 1 is 1.02 bits per heavy atom. The van der Waals surface area contributed by atoms with Crippen molar-refractivity contribution in [1.29, 1.82) is 0 Å². The molecule has 0 saturated heterocycles. The van der Waals surface area contributed by atoms with E-state index in [1.54, 1.807) is 30.3 Å². The van der Waals surface area contributed by atoms with Crippen LogP contribution in [0.2, 0.25) is 0 Å². The van der Waals surface area contributed by atoms with Crippen molar-refractivity contribution in [3.05, 3.63) is 65.7 Å². The van der Waals surface area contributed by atoms with Crippen LogP contribution in [-0.4, -0.2) is 83.5 Å². The lowest BCUT2D eigenvalue weighted by Gasteiger charge is -2.31. The van der Waals surface area contributed by atoms with Crippen LogP contribution in [-0.2, 0) is 26.0 Å². The molecule has 0 saturated carbocycles. The number of rotatable bonds is 15. The number of nitrogens with one attached hydrogen (secondary N) is 2. The normalized spacial score (nSPS) is 14.1. The fraction of sp³-hybridized carbons (Fsp3) is 0.385. The molecular formula is C26H35N5O8S. The smallest absolute Gasteiger partial charge is 0.405 e. The van der Waals surface area contributed by atoms with Gasteiger partial charge in [-0.05, 0) is 35.6 Å². The molecule has 0 radical (unpaired) electrons. The average molecular weight is 578 g/mol. The molecule has 2 rings (SSSR count). The molecule has 13 nitrogen and oxygen atoms in total. The molecule has 0 fully saturated rings. The van der Waals surface area contributed by atoms with E-state index in [0.29, 0.717) is 11.1 Å². The number of aliphatic hydroxyl groups excluding tert-OH is 1. The van der Waals surface area contributed by atoms with E-state index >= 15 is 0 Å². The third kappa shape index (κ3) is 9.94. The van der Waals surface area contributed by atoms with Crippen molar-refractivity contribution >= 4 is 34.1 Å². The van der Waals surface area contributed by atoms with E-state index in [0.717, 1.165) is 10.5 Å². The highest BCUT2D eigenvalue weighted by Gasteiger charge is 2.33. The highest BCUT2D eigenvalue weighted by atomic mass is 32.2. The van der Waals surface area contributed by atoms with E-state index in [4.69, 9.17) is 16.0 Å². The maximum Gasteiger partial charge on any atom is 0.405 e. The van der Waals surface area contributed by atoms with E-state index in [9.17, 15) is 27.9 Å². The molecular weight excluding hydrogens is 542 g/mol. The zero-order valence-electron chi connectivity index (χ0n) is 22.2. The van der Waals surface area contributed by atoms with Crippen molar-refractivity contribution in [2.75, 3.05) is 13.1 Å². The van der Waals surface area contributed by atoms with Crippen molar-refractivity contribution in [3.63, 3.8) is 0 Å². The van der Waals surface area contributed by atoms with Crippen LogP contribution in [0.15, 0.2) is 64.6 Å². The standard InChI is InChI=1S/C26H35N5O8S/c1-17(2)15-31(40(38,39)20-10-8-19(9-11-20)14-28-37)16-23(32)21(12-18-6-4-3-5-7-18)29-25(34)22(13-24(27)33)30-26(35)36/h3-11,14,17,21-23,30,32,37H,12-13,15-16H2,1-2H3,(H2,27,33)(H,29,34)(H,35,36)/t21-,22-,23+/m0/s1. The molecule has 0 aliphatic rings. The van der Waals surface area contributed by atoms with Crippen molar-refractivity contribution in [3.8, 4) is 0 Å². The van der Waals surface area contributed by atoms with E-state index in [1.165, 1.54) is 24.3 Å². The highest BCUT2D eigenvalue weighted by molar-refractivity contribution is 7.89. The summed E-state index contributed by atoms with van der Waals surface area (Å²) >= 11 is 0. The van der Waals surface area contributed by atoms with Crippen LogP contribution in [0.5, 0.6) is 0 Å². The van der Waals surface area contributed by atoms with Gasteiger partial charge in [-0.1, -0.05) is 61.5 Å². The summed E-state index contributed by atoms with van der Waals surface area (Å²) in [4.78, 5) is 35.5. The number of carboxylic acid groups (broad SMARTS) is 1.